The normalized spacial score (nSPS) is 23.5. The first-order valence-corrected chi connectivity index (χ1v) is 11.0. The van der Waals surface area contributed by atoms with Crippen LogP contribution >= 0.6 is 23.1 Å². The lowest BCUT2D eigenvalue weighted by atomic mass is 9.89. The minimum atomic E-state index is -0.0208. The fourth-order valence-corrected chi connectivity index (χ4v) is 5.62. The summed E-state index contributed by atoms with van der Waals surface area (Å²) in [5.74, 6) is 1.87. The van der Waals surface area contributed by atoms with Gasteiger partial charge < -0.3 is 15.5 Å². The summed E-state index contributed by atoms with van der Waals surface area (Å²) in [7, 11) is 0. The molecular formula is C18H24N4O2S2. The summed E-state index contributed by atoms with van der Waals surface area (Å²) in [5.41, 5.74) is 7.18. The molecule has 1 saturated heterocycles. The van der Waals surface area contributed by atoms with E-state index in [1.54, 1.807) is 11.3 Å². The molecule has 4 rings (SSSR count). The summed E-state index contributed by atoms with van der Waals surface area (Å²) in [6.07, 6.45) is 5.54. The summed E-state index contributed by atoms with van der Waals surface area (Å²) >= 11 is 3.08. The molecule has 3 heterocycles. The van der Waals surface area contributed by atoms with Crippen LogP contribution in [-0.4, -0.2) is 34.4 Å². The molecule has 8 heteroatoms. The standard InChI is InChI=1S/C18H24N4O2S2/c1-10-4-5-12-13(7-10)26-17-15(12)16(23)21-14(22-17)9-25-18(19)20-8-11-3-2-6-24-11/h10-11H,2-9H2,1H3,(H2,19,20)(H,21,22,23)/t10-,11-/m0/s1. The number of aromatic nitrogens is 2. The highest BCUT2D eigenvalue weighted by Gasteiger charge is 2.23. The van der Waals surface area contributed by atoms with Gasteiger partial charge in [-0.2, -0.15) is 0 Å². The van der Waals surface area contributed by atoms with Crippen LogP contribution in [0.4, 0.5) is 0 Å². The predicted octanol–water partition coefficient (Wildman–Crippen LogP) is 2.84. The lowest BCUT2D eigenvalue weighted by Crippen LogP contribution is -2.16. The molecule has 2 aromatic rings. The molecule has 0 spiro atoms. The van der Waals surface area contributed by atoms with Gasteiger partial charge in [0.2, 0.25) is 0 Å². The van der Waals surface area contributed by atoms with E-state index in [4.69, 9.17) is 10.5 Å². The maximum absolute atomic E-state index is 12.6. The van der Waals surface area contributed by atoms with Crippen LogP contribution < -0.4 is 11.3 Å². The van der Waals surface area contributed by atoms with E-state index >= 15 is 0 Å². The molecule has 0 bridgehead atoms. The highest BCUT2D eigenvalue weighted by Crippen LogP contribution is 2.35. The number of aromatic amines is 1. The number of amidine groups is 1. The van der Waals surface area contributed by atoms with Crippen molar-refractivity contribution in [3.63, 3.8) is 0 Å². The molecule has 0 aromatic carbocycles. The maximum Gasteiger partial charge on any atom is 0.259 e. The molecule has 2 aromatic heterocycles. The van der Waals surface area contributed by atoms with Gasteiger partial charge in [-0.15, -0.1) is 11.3 Å². The van der Waals surface area contributed by atoms with E-state index in [9.17, 15) is 4.79 Å². The van der Waals surface area contributed by atoms with Gasteiger partial charge in [0.1, 0.15) is 10.7 Å². The number of fused-ring (bicyclic) bond motifs is 3. The van der Waals surface area contributed by atoms with E-state index in [2.05, 4.69) is 21.9 Å². The Morgan fingerprint density at radius 2 is 2.38 bits per heavy atom. The summed E-state index contributed by atoms with van der Waals surface area (Å²) in [6, 6.07) is 0. The Morgan fingerprint density at radius 3 is 3.19 bits per heavy atom. The van der Waals surface area contributed by atoms with Gasteiger partial charge in [-0.3, -0.25) is 9.79 Å². The Hall–Kier alpha value is -1.38. The number of nitrogens with one attached hydrogen (secondary N) is 1. The Kier molecular flexibility index (Phi) is 5.33. The highest BCUT2D eigenvalue weighted by molar-refractivity contribution is 8.13. The van der Waals surface area contributed by atoms with Crippen molar-refractivity contribution in [2.24, 2.45) is 16.6 Å². The molecule has 3 N–H and O–H groups in total. The van der Waals surface area contributed by atoms with Crippen LogP contribution in [0, 0.1) is 5.92 Å². The maximum atomic E-state index is 12.6. The summed E-state index contributed by atoms with van der Waals surface area (Å²) in [6.45, 7) is 3.70. The fourth-order valence-electron chi connectivity index (χ4n) is 3.63. The topological polar surface area (TPSA) is 93.4 Å². The number of aryl methyl sites for hydroxylation is 1. The number of hydrogen-bond acceptors (Lipinski definition) is 6. The van der Waals surface area contributed by atoms with E-state index in [0.29, 0.717) is 29.2 Å². The van der Waals surface area contributed by atoms with Crippen molar-refractivity contribution in [2.75, 3.05) is 13.2 Å². The number of H-pyrrole nitrogens is 1. The minimum absolute atomic E-state index is 0.0208. The van der Waals surface area contributed by atoms with Crippen LogP contribution in [0.3, 0.4) is 0 Å². The van der Waals surface area contributed by atoms with E-state index in [1.165, 1.54) is 22.2 Å². The zero-order valence-corrected chi connectivity index (χ0v) is 16.5. The Morgan fingerprint density at radius 1 is 1.50 bits per heavy atom. The third-order valence-corrected chi connectivity index (χ3v) is 7.04. The number of aliphatic imine (C=N–C) groups is 1. The number of hydrogen-bond donors (Lipinski definition) is 2. The molecule has 1 aliphatic heterocycles. The molecule has 0 unspecified atom stereocenters. The smallest absolute Gasteiger partial charge is 0.259 e. The van der Waals surface area contributed by atoms with Crippen molar-refractivity contribution in [3.8, 4) is 0 Å². The number of nitrogens with zero attached hydrogens (tertiary/aromatic N) is 2. The monoisotopic (exact) mass is 392 g/mol. The van der Waals surface area contributed by atoms with Gasteiger partial charge >= 0.3 is 0 Å². The van der Waals surface area contributed by atoms with Crippen LogP contribution in [0.2, 0.25) is 0 Å². The van der Waals surface area contributed by atoms with Crippen LogP contribution in [0.1, 0.15) is 42.5 Å². The first-order valence-electron chi connectivity index (χ1n) is 9.18. The fraction of sp³-hybridized carbons (Fsp3) is 0.611. The van der Waals surface area contributed by atoms with Gasteiger partial charge in [-0.05, 0) is 43.6 Å². The molecule has 0 amide bonds. The minimum Gasteiger partial charge on any atom is -0.379 e. The summed E-state index contributed by atoms with van der Waals surface area (Å²) in [4.78, 5) is 26.8. The number of thiophene rings is 1. The van der Waals surface area contributed by atoms with Gasteiger partial charge in [-0.1, -0.05) is 18.7 Å². The summed E-state index contributed by atoms with van der Waals surface area (Å²) in [5, 5.41) is 1.31. The van der Waals surface area contributed by atoms with Crippen molar-refractivity contribution in [2.45, 2.75) is 50.9 Å². The molecule has 2 aliphatic rings. The molecule has 26 heavy (non-hydrogen) atoms. The van der Waals surface area contributed by atoms with E-state index < -0.39 is 0 Å². The zero-order chi connectivity index (χ0) is 18.1. The third-order valence-electron chi connectivity index (χ3n) is 5.05. The molecule has 0 radical (unpaired) electrons. The lowest BCUT2D eigenvalue weighted by molar-refractivity contribution is 0.118. The van der Waals surface area contributed by atoms with Crippen LogP contribution in [0.15, 0.2) is 9.79 Å². The van der Waals surface area contributed by atoms with Crippen LogP contribution in [0.5, 0.6) is 0 Å². The second-order valence-corrected chi connectivity index (χ2v) is 9.23. The molecule has 1 aliphatic carbocycles. The van der Waals surface area contributed by atoms with Crippen molar-refractivity contribution in [1.82, 2.24) is 9.97 Å². The average Bonchev–Trinajstić information content (AvgIpc) is 3.24. The molecule has 2 atom stereocenters. The van der Waals surface area contributed by atoms with E-state index in [1.807, 2.05) is 0 Å². The largest absolute Gasteiger partial charge is 0.379 e. The predicted molar refractivity (Wildman–Crippen MR) is 108 cm³/mol. The molecular weight excluding hydrogens is 368 g/mol. The first-order chi connectivity index (χ1) is 12.6. The molecule has 1 fully saturated rings. The van der Waals surface area contributed by atoms with E-state index in [-0.39, 0.29) is 11.7 Å². The number of thioether (sulfide) groups is 1. The van der Waals surface area contributed by atoms with Crippen molar-refractivity contribution < 1.29 is 4.74 Å². The summed E-state index contributed by atoms with van der Waals surface area (Å²) < 4.78 is 5.55. The second kappa shape index (κ2) is 7.70. The number of ether oxygens (including phenoxy) is 1. The zero-order valence-electron chi connectivity index (χ0n) is 14.9. The van der Waals surface area contributed by atoms with E-state index in [0.717, 1.165) is 48.9 Å². The molecule has 140 valence electrons. The highest BCUT2D eigenvalue weighted by atomic mass is 32.2. The molecule has 0 saturated carbocycles. The van der Waals surface area contributed by atoms with Gasteiger partial charge in [0.15, 0.2) is 5.17 Å². The SMILES string of the molecule is C[C@H]1CCc2c(sc3nc(CSC(N)=NC[C@@H]4CCCO4)[nH]c(=O)c23)C1. The van der Waals surface area contributed by atoms with Crippen molar-refractivity contribution in [1.29, 1.82) is 0 Å². The number of rotatable bonds is 4. The van der Waals surface area contributed by atoms with Gasteiger partial charge in [0.05, 0.1) is 23.8 Å². The Labute approximate surface area is 160 Å². The van der Waals surface area contributed by atoms with Gasteiger partial charge in [0, 0.05) is 11.5 Å². The van der Waals surface area contributed by atoms with Crippen LogP contribution in [-0.2, 0) is 23.3 Å². The second-order valence-electron chi connectivity index (χ2n) is 7.15. The molecule has 6 nitrogen and oxygen atoms in total. The first kappa shape index (κ1) is 18.0. The number of nitrogens with two attached hydrogens (primary N) is 1. The Balaban J connectivity index is 1.47. The third kappa shape index (κ3) is 3.82. The average molecular weight is 393 g/mol. The van der Waals surface area contributed by atoms with Crippen LogP contribution in [0.25, 0.3) is 10.2 Å². The lowest BCUT2D eigenvalue weighted by Gasteiger charge is -2.17. The quantitative estimate of drug-likeness (QED) is 0.616. The van der Waals surface area contributed by atoms with Crippen molar-refractivity contribution in [3.05, 3.63) is 26.6 Å². The van der Waals surface area contributed by atoms with Gasteiger partial charge in [-0.25, -0.2) is 4.98 Å². The van der Waals surface area contributed by atoms with Gasteiger partial charge in [0.25, 0.3) is 5.56 Å². The Bertz CT molecular complexity index is 883. The van der Waals surface area contributed by atoms with Crippen molar-refractivity contribution >= 4 is 38.5 Å².